The summed E-state index contributed by atoms with van der Waals surface area (Å²) < 4.78 is 0. The van der Waals surface area contributed by atoms with E-state index >= 15 is 0 Å². The molecule has 4 N–H and O–H groups in total. The van der Waals surface area contributed by atoms with Crippen LogP contribution in [-0.4, -0.2) is 10.8 Å². The molecule has 0 bridgehead atoms. The lowest BCUT2D eigenvalue weighted by Gasteiger charge is -2.01. The number of aromatic nitrogens is 1. The summed E-state index contributed by atoms with van der Waals surface area (Å²) in [5.74, 6) is 0.352. The zero-order valence-electron chi connectivity index (χ0n) is 6.57. The van der Waals surface area contributed by atoms with Crippen molar-refractivity contribution in [1.82, 2.24) is 4.98 Å². The van der Waals surface area contributed by atoms with Gasteiger partial charge >= 0.3 is 0 Å². The van der Waals surface area contributed by atoms with Gasteiger partial charge in [0.2, 0.25) is 0 Å². The van der Waals surface area contributed by atoms with Crippen LogP contribution < -0.4 is 11.5 Å². The highest BCUT2D eigenvalue weighted by molar-refractivity contribution is 6.01. The highest BCUT2D eigenvalue weighted by Gasteiger charge is 2.00. The minimum Gasteiger partial charge on any atom is -0.397 e. The van der Waals surface area contributed by atoms with Crippen LogP contribution in [0.3, 0.4) is 0 Å². The molecule has 0 aliphatic rings. The Labute approximate surface area is 70.6 Å². The lowest BCUT2D eigenvalue weighted by molar-refractivity contribution is 1.32. The quantitative estimate of drug-likeness (QED) is 0.491. The smallest absolute Gasteiger partial charge is 0.132 e. The number of amidine groups is 1. The maximum atomic E-state index is 5.59. The maximum absolute atomic E-state index is 5.59. The number of pyridine rings is 1. The van der Waals surface area contributed by atoms with Crippen molar-refractivity contribution in [3.05, 3.63) is 36.8 Å². The van der Waals surface area contributed by atoms with E-state index in [1.54, 1.807) is 12.3 Å². The fourth-order valence-electron chi connectivity index (χ4n) is 0.808. The molecule has 0 unspecified atom stereocenters. The molecular weight excluding hydrogens is 152 g/mol. The summed E-state index contributed by atoms with van der Waals surface area (Å²) in [6.45, 7) is 3.43. The van der Waals surface area contributed by atoms with Gasteiger partial charge in [-0.3, -0.25) is 4.98 Å². The van der Waals surface area contributed by atoms with Crippen molar-refractivity contribution in [2.24, 2.45) is 10.7 Å². The summed E-state index contributed by atoms with van der Waals surface area (Å²) in [6, 6.07) is 1.71. The maximum Gasteiger partial charge on any atom is 0.132 e. The normalized spacial score (nSPS) is 11.2. The molecule has 0 fully saturated rings. The number of hydrogen-bond donors (Lipinski definition) is 2. The van der Waals surface area contributed by atoms with Crippen molar-refractivity contribution in [2.45, 2.75) is 0 Å². The van der Waals surface area contributed by atoms with Crippen LogP contribution in [-0.2, 0) is 0 Å². The fraction of sp³-hybridized carbons (Fsp3) is 0. The van der Waals surface area contributed by atoms with Crippen LogP contribution in [0.1, 0.15) is 5.56 Å². The third-order valence-electron chi connectivity index (χ3n) is 1.36. The van der Waals surface area contributed by atoms with Crippen molar-refractivity contribution in [3.63, 3.8) is 0 Å². The SMILES string of the molecule is C=CN=C(N)c1ccncc1N. The first kappa shape index (κ1) is 8.26. The van der Waals surface area contributed by atoms with Crippen molar-refractivity contribution >= 4 is 11.5 Å². The Balaban J connectivity index is 3.10. The number of anilines is 1. The van der Waals surface area contributed by atoms with Gasteiger partial charge in [-0.2, -0.15) is 0 Å². The highest BCUT2D eigenvalue weighted by Crippen LogP contribution is 2.07. The van der Waals surface area contributed by atoms with Crippen molar-refractivity contribution in [3.8, 4) is 0 Å². The Morgan fingerprint density at radius 2 is 2.42 bits per heavy atom. The summed E-state index contributed by atoms with van der Waals surface area (Å²) >= 11 is 0. The van der Waals surface area contributed by atoms with Gasteiger partial charge in [-0.05, 0) is 6.07 Å². The second-order valence-electron chi connectivity index (χ2n) is 2.16. The van der Waals surface area contributed by atoms with E-state index in [1.165, 1.54) is 12.4 Å². The fourth-order valence-corrected chi connectivity index (χ4v) is 0.808. The topological polar surface area (TPSA) is 77.3 Å². The zero-order chi connectivity index (χ0) is 8.97. The molecule has 0 radical (unpaired) electrons. The zero-order valence-corrected chi connectivity index (χ0v) is 6.57. The molecule has 0 saturated carbocycles. The van der Waals surface area contributed by atoms with E-state index in [1.807, 2.05) is 0 Å². The Morgan fingerprint density at radius 3 is 3.00 bits per heavy atom. The molecule has 62 valence electrons. The van der Waals surface area contributed by atoms with Crippen LogP contribution in [0.25, 0.3) is 0 Å². The molecule has 1 aromatic heterocycles. The minimum atomic E-state index is 0.352. The van der Waals surface area contributed by atoms with Crippen molar-refractivity contribution in [2.75, 3.05) is 5.73 Å². The van der Waals surface area contributed by atoms with E-state index in [0.29, 0.717) is 17.1 Å². The average molecular weight is 162 g/mol. The Bertz CT molecular complexity index is 317. The van der Waals surface area contributed by atoms with Crippen molar-refractivity contribution in [1.29, 1.82) is 0 Å². The van der Waals surface area contributed by atoms with E-state index in [4.69, 9.17) is 11.5 Å². The molecule has 0 aliphatic carbocycles. The van der Waals surface area contributed by atoms with E-state index in [2.05, 4.69) is 16.6 Å². The predicted octanol–water partition coefficient (Wildman–Crippen LogP) is 0.513. The van der Waals surface area contributed by atoms with Crippen LogP contribution in [0, 0.1) is 0 Å². The second kappa shape index (κ2) is 3.52. The standard InChI is InChI=1S/C8H10N4/c1-2-12-8(10)6-3-4-11-5-7(6)9/h2-5H,1,9H2,(H2,10,12). The number of nitrogen functional groups attached to an aromatic ring is 1. The van der Waals surface area contributed by atoms with Gasteiger partial charge in [-0.15, -0.1) is 0 Å². The summed E-state index contributed by atoms with van der Waals surface area (Å²) in [7, 11) is 0. The first-order valence-electron chi connectivity index (χ1n) is 3.39. The molecule has 4 nitrogen and oxygen atoms in total. The van der Waals surface area contributed by atoms with Gasteiger partial charge in [0.25, 0.3) is 0 Å². The van der Waals surface area contributed by atoms with Gasteiger partial charge in [0.15, 0.2) is 0 Å². The van der Waals surface area contributed by atoms with Crippen LogP contribution >= 0.6 is 0 Å². The minimum absolute atomic E-state index is 0.352. The average Bonchev–Trinajstić information content (AvgIpc) is 2.05. The molecule has 4 heteroatoms. The first-order valence-corrected chi connectivity index (χ1v) is 3.39. The van der Waals surface area contributed by atoms with Crippen LogP contribution in [0.2, 0.25) is 0 Å². The molecule has 1 aromatic rings. The molecule has 0 atom stereocenters. The largest absolute Gasteiger partial charge is 0.397 e. The lowest BCUT2D eigenvalue weighted by Crippen LogP contribution is -2.14. The molecule has 12 heavy (non-hydrogen) atoms. The van der Waals surface area contributed by atoms with Gasteiger partial charge in [0, 0.05) is 18.0 Å². The van der Waals surface area contributed by atoms with E-state index in [9.17, 15) is 0 Å². The highest BCUT2D eigenvalue weighted by atomic mass is 14.8. The summed E-state index contributed by atoms with van der Waals surface area (Å²) in [4.78, 5) is 7.63. The Morgan fingerprint density at radius 1 is 1.67 bits per heavy atom. The van der Waals surface area contributed by atoms with Gasteiger partial charge in [0.05, 0.1) is 11.9 Å². The van der Waals surface area contributed by atoms with Crippen LogP contribution in [0.4, 0.5) is 5.69 Å². The summed E-state index contributed by atoms with van der Waals surface area (Å²) in [5.41, 5.74) is 12.4. The number of nitrogens with two attached hydrogens (primary N) is 2. The molecule has 0 aromatic carbocycles. The summed E-state index contributed by atoms with van der Waals surface area (Å²) in [6.07, 6.45) is 4.51. The molecule has 0 spiro atoms. The number of rotatable bonds is 2. The third kappa shape index (κ3) is 1.60. The number of aliphatic imine (C=N–C) groups is 1. The van der Waals surface area contributed by atoms with Crippen molar-refractivity contribution < 1.29 is 0 Å². The van der Waals surface area contributed by atoms with Crippen LogP contribution in [0.15, 0.2) is 36.2 Å². The molecule has 1 heterocycles. The van der Waals surface area contributed by atoms with Gasteiger partial charge in [0.1, 0.15) is 5.84 Å². The number of hydrogen-bond acceptors (Lipinski definition) is 3. The Hall–Kier alpha value is -1.84. The van der Waals surface area contributed by atoms with Gasteiger partial charge < -0.3 is 11.5 Å². The summed E-state index contributed by atoms with van der Waals surface area (Å²) in [5, 5.41) is 0. The molecular formula is C8H10N4. The Kier molecular flexibility index (Phi) is 2.42. The molecule has 1 rings (SSSR count). The third-order valence-corrected chi connectivity index (χ3v) is 1.36. The molecule has 0 saturated heterocycles. The first-order chi connectivity index (χ1) is 5.75. The lowest BCUT2D eigenvalue weighted by atomic mass is 10.2. The van der Waals surface area contributed by atoms with Gasteiger partial charge in [-0.25, -0.2) is 4.99 Å². The van der Waals surface area contributed by atoms with Gasteiger partial charge in [-0.1, -0.05) is 6.58 Å². The van der Waals surface area contributed by atoms with E-state index in [0.717, 1.165) is 0 Å². The second-order valence-corrected chi connectivity index (χ2v) is 2.16. The van der Waals surface area contributed by atoms with Crippen LogP contribution in [0.5, 0.6) is 0 Å². The van der Waals surface area contributed by atoms with E-state index < -0.39 is 0 Å². The number of nitrogens with zero attached hydrogens (tertiary/aromatic N) is 2. The predicted molar refractivity (Wildman–Crippen MR) is 49.6 cm³/mol. The van der Waals surface area contributed by atoms with E-state index in [-0.39, 0.29) is 0 Å². The molecule has 0 amide bonds. The monoisotopic (exact) mass is 162 g/mol. The molecule has 0 aliphatic heterocycles.